The number of likely N-dealkylation sites (tertiary alicyclic amines) is 1. The SMILES string of the molecule is CN1CCC(NC2C=CS(=O)(=O)C2)C1=O. The Morgan fingerprint density at radius 1 is 1.53 bits per heavy atom. The van der Waals surface area contributed by atoms with Crippen LogP contribution in [0.4, 0.5) is 0 Å². The van der Waals surface area contributed by atoms with Crippen molar-refractivity contribution >= 4 is 15.7 Å². The Morgan fingerprint density at radius 3 is 2.73 bits per heavy atom. The zero-order valence-corrected chi connectivity index (χ0v) is 9.33. The Kier molecular flexibility index (Phi) is 2.56. The maximum atomic E-state index is 11.5. The van der Waals surface area contributed by atoms with E-state index in [4.69, 9.17) is 0 Å². The summed E-state index contributed by atoms with van der Waals surface area (Å²) in [5.74, 6) is 0.119. The van der Waals surface area contributed by atoms with E-state index in [1.165, 1.54) is 5.41 Å². The van der Waals surface area contributed by atoms with E-state index in [0.29, 0.717) is 0 Å². The van der Waals surface area contributed by atoms with Crippen molar-refractivity contribution in [2.45, 2.75) is 18.5 Å². The molecular formula is C9H14N2O3S. The summed E-state index contributed by atoms with van der Waals surface area (Å²) in [6.45, 7) is 0.736. The van der Waals surface area contributed by atoms with Crippen LogP contribution >= 0.6 is 0 Å². The van der Waals surface area contributed by atoms with Crippen molar-refractivity contribution in [3.05, 3.63) is 11.5 Å². The molecule has 84 valence electrons. The van der Waals surface area contributed by atoms with Gasteiger partial charge in [0.2, 0.25) is 5.91 Å². The molecule has 2 atom stereocenters. The molecule has 2 unspecified atom stereocenters. The molecule has 0 aromatic carbocycles. The third-order valence-electron chi connectivity index (χ3n) is 2.77. The number of amides is 1. The van der Waals surface area contributed by atoms with Crippen molar-refractivity contribution in [1.82, 2.24) is 10.2 Å². The summed E-state index contributed by atoms with van der Waals surface area (Å²) >= 11 is 0. The quantitative estimate of drug-likeness (QED) is 0.669. The van der Waals surface area contributed by atoms with Crippen LogP contribution < -0.4 is 5.32 Å². The molecule has 15 heavy (non-hydrogen) atoms. The summed E-state index contributed by atoms with van der Waals surface area (Å²) in [5.41, 5.74) is 0. The van der Waals surface area contributed by atoms with E-state index in [1.54, 1.807) is 18.0 Å². The topological polar surface area (TPSA) is 66.5 Å². The van der Waals surface area contributed by atoms with Gasteiger partial charge in [0.05, 0.1) is 11.8 Å². The average Bonchev–Trinajstić information content (AvgIpc) is 2.63. The first kappa shape index (κ1) is 10.6. The third-order valence-corrected chi connectivity index (χ3v) is 4.17. The first-order chi connectivity index (χ1) is 6.98. The van der Waals surface area contributed by atoms with Gasteiger partial charge in [-0.3, -0.25) is 10.1 Å². The maximum Gasteiger partial charge on any atom is 0.239 e. The van der Waals surface area contributed by atoms with E-state index in [1.807, 2.05) is 0 Å². The smallest absolute Gasteiger partial charge is 0.239 e. The van der Waals surface area contributed by atoms with Crippen molar-refractivity contribution in [2.24, 2.45) is 0 Å². The van der Waals surface area contributed by atoms with Gasteiger partial charge in [-0.15, -0.1) is 0 Å². The number of likely N-dealkylation sites (N-methyl/N-ethyl adjacent to an activating group) is 1. The van der Waals surface area contributed by atoms with Crippen LogP contribution in [-0.4, -0.2) is 50.7 Å². The largest absolute Gasteiger partial charge is 0.344 e. The standard InChI is InChI=1S/C9H14N2O3S/c1-11-4-2-8(9(11)12)10-7-3-5-15(13,14)6-7/h3,5,7-8,10H,2,4,6H2,1H3. The zero-order valence-electron chi connectivity index (χ0n) is 8.51. The number of hydrogen-bond acceptors (Lipinski definition) is 4. The molecule has 2 aliphatic rings. The second kappa shape index (κ2) is 3.61. The van der Waals surface area contributed by atoms with Gasteiger partial charge in [-0.2, -0.15) is 0 Å². The van der Waals surface area contributed by atoms with Gasteiger partial charge >= 0.3 is 0 Å². The van der Waals surface area contributed by atoms with Gasteiger partial charge < -0.3 is 4.90 Å². The monoisotopic (exact) mass is 230 g/mol. The third kappa shape index (κ3) is 2.21. The van der Waals surface area contributed by atoms with Gasteiger partial charge in [0.25, 0.3) is 0 Å². The first-order valence-electron chi connectivity index (χ1n) is 4.90. The van der Waals surface area contributed by atoms with E-state index in [2.05, 4.69) is 5.32 Å². The Labute approximate surface area is 89.1 Å². The Balaban J connectivity index is 1.95. The van der Waals surface area contributed by atoms with Gasteiger partial charge in [0, 0.05) is 25.0 Å². The second-order valence-electron chi connectivity index (χ2n) is 4.03. The Morgan fingerprint density at radius 2 is 2.27 bits per heavy atom. The molecule has 0 spiro atoms. The minimum atomic E-state index is -3.04. The summed E-state index contributed by atoms with van der Waals surface area (Å²) < 4.78 is 22.3. The number of carbonyl (C=O) groups is 1. The van der Waals surface area contributed by atoms with E-state index in [9.17, 15) is 13.2 Å². The molecule has 1 saturated heterocycles. The predicted octanol–water partition coefficient (Wildman–Crippen LogP) is -0.883. The molecule has 0 aliphatic carbocycles. The maximum absolute atomic E-state index is 11.5. The molecule has 0 aromatic rings. The Hall–Kier alpha value is -0.880. The lowest BCUT2D eigenvalue weighted by Gasteiger charge is -2.15. The highest BCUT2D eigenvalue weighted by Gasteiger charge is 2.32. The van der Waals surface area contributed by atoms with Crippen LogP contribution in [0.1, 0.15) is 6.42 Å². The normalized spacial score (nSPS) is 33.9. The molecule has 0 bridgehead atoms. The first-order valence-corrected chi connectivity index (χ1v) is 6.61. The van der Waals surface area contributed by atoms with Crippen molar-refractivity contribution in [3.8, 4) is 0 Å². The minimum absolute atomic E-state index is 0.0488. The van der Waals surface area contributed by atoms with Gasteiger partial charge in [0.15, 0.2) is 9.84 Å². The van der Waals surface area contributed by atoms with Crippen LogP contribution in [-0.2, 0) is 14.6 Å². The van der Waals surface area contributed by atoms with Gasteiger partial charge in [-0.05, 0) is 6.42 Å². The van der Waals surface area contributed by atoms with Crippen LogP contribution in [0.15, 0.2) is 11.5 Å². The molecule has 2 aliphatic heterocycles. The van der Waals surface area contributed by atoms with Crippen LogP contribution in [0, 0.1) is 0 Å². The van der Waals surface area contributed by atoms with E-state index >= 15 is 0 Å². The molecular weight excluding hydrogens is 216 g/mol. The molecule has 1 N–H and O–H groups in total. The summed E-state index contributed by atoms with van der Waals surface area (Å²) in [6.07, 6.45) is 2.36. The number of carbonyl (C=O) groups excluding carboxylic acids is 1. The number of nitrogens with one attached hydrogen (secondary N) is 1. The molecule has 2 rings (SSSR count). The lowest BCUT2D eigenvalue weighted by Crippen LogP contribution is -2.43. The van der Waals surface area contributed by atoms with E-state index in [-0.39, 0.29) is 23.7 Å². The molecule has 0 saturated carbocycles. The second-order valence-corrected chi connectivity index (χ2v) is 5.96. The molecule has 1 fully saturated rings. The fourth-order valence-electron chi connectivity index (χ4n) is 1.92. The van der Waals surface area contributed by atoms with Crippen molar-refractivity contribution < 1.29 is 13.2 Å². The molecule has 5 nitrogen and oxygen atoms in total. The number of hydrogen-bond donors (Lipinski definition) is 1. The molecule has 0 radical (unpaired) electrons. The minimum Gasteiger partial charge on any atom is -0.344 e. The number of nitrogens with zero attached hydrogens (tertiary/aromatic N) is 1. The van der Waals surface area contributed by atoms with Gasteiger partial charge in [-0.25, -0.2) is 8.42 Å². The van der Waals surface area contributed by atoms with Crippen LogP contribution in [0.2, 0.25) is 0 Å². The molecule has 2 heterocycles. The lowest BCUT2D eigenvalue weighted by atomic mass is 10.2. The molecule has 1 amide bonds. The summed E-state index contributed by atoms with van der Waals surface area (Å²) in [6, 6.07) is -0.437. The van der Waals surface area contributed by atoms with Crippen LogP contribution in [0.25, 0.3) is 0 Å². The van der Waals surface area contributed by atoms with Crippen molar-refractivity contribution in [2.75, 3.05) is 19.3 Å². The lowest BCUT2D eigenvalue weighted by molar-refractivity contribution is -0.128. The van der Waals surface area contributed by atoms with Crippen molar-refractivity contribution in [3.63, 3.8) is 0 Å². The average molecular weight is 230 g/mol. The zero-order chi connectivity index (χ0) is 11.1. The highest BCUT2D eigenvalue weighted by molar-refractivity contribution is 7.94. The van der Waals surface area contributed by atoms with Gasteiger partial charge in [-0.1, -0.05) is 6.08 Å². The fraction of sp³-hybridized carbons (Fsp3) is 0.667. The summed E-state index contributed by atoms with van der Waals surface area (Å²) in [7, 11) is -1.28. The fourth-order valence-corrected chi connectivity index (χ4v) is 3.16. The highest BCUT2D eigenvalue weighted by Crippen LogP contribution is 2.13. The van der Waals surface area contributed by atoms with Crippen molar-refractivity contribution in [1.29, 1.82) is 0 Å². The van der Waals surface area contributed by atoms with E-state index < -0.39 is 9.84 Å². The summed E-state index contributed by atoms with van der Waals surface area (Å²) in [5, 5.41) is 4.27. The number of sulfone groups is 1. The van der Waals surface area contributed by atoms with E-state index in [0.717, 1.165) is 13.0 Å². The molecule has 6 heteroatoms. The van der Waals surface area contributed by atoms with Gasteiger partial charge in [0.1, 0.15) is 0 Å². The van der Waals surface area contributed by atoms with Crippen LogP contribution in [0.5, 0.6) is 0 Å². The predicted molar refractivity (Wildman–Crippen MR) is 55.9 cm³/mol. The van der Waals surface area contributed by atoms with Crippen LogP contribution in [0.3, 0.4) is 0 Å². The number of rotatable bonds is 2. The summed E-state index contributed by atoms with van der Waals surface area (Å²) in [4.78, 5) is 13.2. The Bertz CT molecular complexity index is 402. The highest BCUT2D eigenvalue weighted by atomic mass is 32.2. The molecule has 0 aromatic heterocycles.